The van der Waals surface area contributed by atoms with Gasteiger partial charge in [-0.15, -0.1) is 0 Å². The minimum absolute atomic E-state index is 0.198. The number of nitrogens with one attached hydrogen (secondary N) is 1. The molecule has 0 saturated heterocycles. The van der Waals surface area contributed by atoms with Gasteiger partial charge in [-0.05, 0) is 11.6 Å². The maximum Gasteiger partial charge on any atom is 0.419 e. The quantitative estimate of drug-likeness (QED) is 0.849. The third kappa shape index (κ3) is 3.59. The molecule has 0 saturated carbocycles. The summed E-state index contributed by atoms with van der Waals surface area (Å²) in [5.74, 6) is 0. The van der Waals surface area contributed by atoms with E-state index in [1.165, 1.54) is 13.3 Å². The summed E-state index contributed by atoms with van der Waals surface area (Å²) >= 11 is 0. The molecule has 8 heteroatoms. The van der Waals surface area contributed by atoms with Gasteiger partial charge < -0.3 is 10.1 Å². The zero-order valence-corrected chi connectivity index (χ0v) is 11.3. The summed E-state index contributed by atoms with van der Waals surface area (Å²) in [5.41, 5.74) is -1.52. The highest BCUT2D eigenvalue weighted by Gasteiger charge is 2.34. The van der Waals surface area contributed by atoms with Crippen molar-refractivity contribution in [2.75, 3.05) is 20.3 Å². The molecule has 0 radical (unpaired) electrons. The molecular weight excluding hydrogens is 287 g/mol. The predicted octanol–water partition coefficient (Wildman–Crippen LogP) is 1.45. The highest BCUT2D eigenvalue weighted by atomic mass is 19.4. The Morgan fingerprint density at radius 3 is 2.86 bits per heavy atom. The first-order chi connectivity index (χ1) is 9.93. The van der Waals surface area contributed by atoms with Crippen LogP contribution in [-0.2, 0) is 17.5 Å². The molecule has 0 aliphatic heterocycles. The first kappa shape index (κ1) is 15.5. The fraction of sp³-hybridized carbons (Fsp3) is 0.385. The van der Waals surface area contributed by atoms with Crippen molar-refractivity contribution in [3.8, 4) is 0 Å². The Bertz CT molecular complexity index is 682. The summed E-state index contributed by atoms with van der Waals surface area (Å²) in [5, 5.41) is 2.94. The van der Waals surface area contributed by atoms with Gasteiger partial charge in [0.15, 0.2) is 5.65 Å². The largest absolute Gasteiger partial charge is 0.419 e. The molecule has 0 amide bonds. The Kier molecular flexibility index (Phi) is 4.59. The number of rotatable bonds is 5. The van der Waals surface area contributed by atoms with Crippen LogP contribution in [0.15, 0.2) is 29.3 Å². The zero-order chi connectivity index (χ0) is 15.5. The normalized spacial score (nSPS) is 12.0. The summed E-state index contributed by atoms with van der Waals surface area (Å²) < 4.78 is 45.0. The molecule has 0 aromatic carbocycles. The maximum atomic E-state index is 13.1. The van der Waals surface area contributed by atoms with E-state index >= 15 is 0 Å². The van der Waals surface area contributed by atoms with Crippen LogP contribution < -0.4 is 10.9 Å². The summed E-state index contributed by atoms with van der Waals surface area (Å²) in [6.07, 6.45) is -2.14. The summed E-state index contributed by atoms with van der Waals surface area (Å²) in [6, 6.07) is 2.12. The van der Waals surface area contributed by atoms with Crippen LogP contribution in [0.4, 0.5) is 13.2 Å². The minimum Gasteiger partial charge on any atom is -0.383 e. The van der Waals surface area contributed by atoms with Gasteiger partial charge in [-0.25, -0.2) is 4.98 Å². The second-order valence-electron chi connectivity index (χ2n) is 4.41. The van der Waals surface area contributed by atoms with Gasteiger partial charge in [0.25, 0.3) is 5.56 Å². The van der Waals surface area contributed by atoms with Crippen molar-refractivity contribution >= 4 is 5.65 Å². The molecule has 0 aliphatic carbocycles. The molecule has 114 valence electrons. The fourth-order valence-electron chi connectivity index (χ4n) is 1.91. The summed E-state index contributed by atoms with van der Waals surface area (Å²) in [4.78, 5) is 15.4. The number of hydrogen-bond donors (Lipinski definition) is 1. The average molecular weight is 301 g/mol. The van der Waals surface area contributed by atoms with Crippen molar-refractivity contribution < 1.29 is 17.9 Å². The highest BCUT2D eigenvalue weighted by Crippen LogP contribution is 2.31. The number of alkyl halides is 3. The first-order valence-corrected chi connectivity index (χ1v) is 6.20. The molecule has 1 N–H and O–H groups in total. The van der Waals surface area contributed by atoms with E-state index in [9.17, 15) is 18.0 Å². The number of pyridine rings is 1. The van der Waals surface area contributed by atoms with E-state index < -0.39 is 22.9 Å². The number of methoxy groups -OCH3 is 1. The standard InChI is InChI=1S/C13H14F3N3O2/c1-21-5-4-17-7-9-6-10(13(14,15)16)12-18-3-2-11(20)19(12)8-9/h2-3,6,8,17H,4-5,7H2,1H3. The number of ether oxygens (including phenoxy) is 1. The lowest BCUT2D eigenvalue weighted by Crippen LogP contribution is -2.22. The van der Waals surface area contributed by atoms with Gasteiger partial charge >= 0.3 is 6.18 Å². The molecule has 0 bridgehead atoms. The lowest BCUT2D eigenvalue weighted by molar-refractivity contribution is -0.136. The number of fused-ring (bicyclic) bond motifs is 1. The molecule has 5 nitrogen and oxygen atoms in total. The van der Waals surface area contributed by atoms with Crippen LogP contribution in [0.1, 0.15) is 11.1 Å². The van der Waals surface area contributed by atoms with Crippen LogP contribution in [0.25, 0.3) is 5.65 Å². The maximum absolute atomic E-state index is 13.1. The Balaban J connectivity index is 2.44. The molecule has 0 unspecified atom stereocenters. The molecular formula is C13H14F3N3O2. The summed E-state index contributed by atoms with van der Waals surface area (Å²) in [6.45, 7) is 1.14. The van der Waals surface area contributed by atoms with Crippen LogP contribution in [0.5, 0.6) is 0 Å². The van der Waals surface area contributed by atoms with Crippen molar-refractivity contribution in [2.24, 2.45) is 0 Å². The van der Waals surface area contributed by atoms with Crippen molar-refractivity contribution in [1.29, 1.82) is 0 Å². The molecule has 21 heavy (non-hydrogen) atoms. The van der Waals surface area contributed by atoms with E-state index in [1.54, 1.807) is 0 Å². The van der Waals surface area contributed by atoms with Crippen LogP contribution in [0.3, 0.4) is 0 Å². The van der Waals surface area contributed by atoms with Crippen LogP contribution in [0, 0.1) is 0 Å². The topological polar surface area (TPSA) is 55.6 Å². The van der Waals surface area contributed by atoms with Crippen LogP contribution >= 0.6 is 0 Å². The van der Waals surface area contributed by atoms with Crippen molar-refractivity contribution in [2.45, 2.75) is 12.7 Å². The van der Waals surface area contributed by atoms with Crippen molar-refractivity contribution in [1.82, 2.24) is 14.7 Å². The molecule has 0 fully saturated rings. The summed E-state index contributed by atoms with van der Waals surface area (Å²) in [7, 11) is 1.53. The Hall–Kier alpha value is -1.93. The Morgan fingerprint density at radius 1 is 1.43 bits per heavy atom. The van der Waals surface area contributed by atoms with Crippen LogP contribution in [0.2, 0.25) is 0 Å². The van der Waals surface area contributed by atoms with Gasteiger partial charge in [0.05, 0.1) is 12.2 Å². The molecule has 0 atom stereocenters. The van der Waals surface area contributed by atoms with E-state index in [1.807, 2.05) is 0 Å². The van der Waals surface area contributed by atoms with Crippen LogP contribution in [-0.4, -0.2) is 29.6 Å². The van der Waals surface area contributed by atoms with Gasteiger partial charge in [0.2, 0.25) is 0 Å². The van der Waals surface area contributed by atoms with E-state index in [0.717, 1.165) is 22.7 Å². The second kappa shape index (κ2) is 6.23. The third-order valence-corrected chi connectivity index (χ3v) is 2.86. The van der Waals surface area contributed by atoms with Gasteiger partial charge in [0, 0.05) is 38.7 Å². The molecule has 2 aromatic heterocycles. The monoisotopic (exact) mass is 301 g/mol. The van der Waals surface area contributed by atoms with Gasteiger partial charge in [0.1, 0.15) is 0 Å². The lowest BCUT2D eigenvalue weighted by Gasteiger charge is -2.13. The fourth-order valence-corrected chi connectivity index (χ4v) is 1.91. The van der Waals surface area contributed by atoms with Crippen molar-refractivity contribution in [3.05, 3.63) is 46.0 Å². The number of aromatic nitrogens is 2. The van der Waals surface area contributed by atoms with Crippen molar-refractivity contribution in [3.63, 3.8) is 0 Å². The third-order valence-electron chi connectivity index (χ3n) is 2.86. The Labute approximate surface area is 118 Å². The van der Waals surface area contributed by atoms with E-state index in [2.05, 4.69) is 10.3 Å². The van der Waals surface area contributed by atoms with E-state index in [0.29, 0.717) is 18.7 Å². The average Bonchev–Trinajstić information content (AvgIpc) is 2.43. The van der Waals surface area contributed by atoms with E-state index in [-0.39, 0.29) is 6.54 Å². The van der Waals surface area contributed by atoms with E-state index in [4.69, 9.17) is 4.74 Å². The van der Waals surface area contributed by atoms with Gasteiger partial charge in [-0.2, -0.15) is 13.2 Å². The smallest absolute Gasteiger partial charge is 0.383 e. The molecule has 0 spiro atoms. The highest BCUT2D eigenvalue weighted by molar-refractivity contribution is 5.50. The SMILES string of the molecule is COCCNCc1cc(C(F)(F)F)c2nccc(=O)n2c1. The number of nitrogens with zero attached hydrogens (tertiary/aromatic N) is 2. The predicted molar refractivity (Wildman–Crippen MR) is 70.0 cm³/mol. The molecule has 2 rings (SSSR count). The first-order valence-electron chi connectivity index (χ1n) is 6.20. The van der Waals surface area contributed by atoms with Gasteiger partial charge in [-0.1, -0.05) is 0 Å². The zero-order valence-electron chi connectivity index (χ0n) is 11.3. The minimum atomic E-state index is -4.57. The lowest BCUT2D eigenvalue weighted by atomic mass is 10.1. The second-order valence-corrected chi connectivity index (χ2v) is 4.41. The Morgan fingerprint density at radius 2 is 2.19 bits per heavy atom. The number of halogens is 3. The number of hydrogen-bond acceptors (Lipinski definition) is 4. The van der Waals surface area contributed by atoms with Gasteiger partial charge in [-0.3, -0.25) is 9.20 Å². The molecule has 0 aliphatic rings. The molecule has 2 heterocycles. The molecule has 2 aromatic rings.